The molecular formula is C21H29N5O4. The third-order valence-corrected chi connectivity index (χ3v) is 5.50. The second kappa shape index (κ2) is 8.81. The third-order valence-electron chi connectivity index (χ3n) is 5.50. The lowest BCUT2D eigenvalue weighted by atomic mass is 10.1. The summed E-state index contributed by atoms with van der Waals surface area (Å²) in [7, 11) is 0. The number of aromatic nitrogens is 1. The Labute approximate surface area is 176 Å². The normalized spacial score (nSPS) is 21.7. The minimum absolute atomic E-state index is 0.0168. The van der Waals surface area contributed by atoms with Crippen LogP contribution >= 0.6 is 0 Å². The molecule has 30 heavy (non-hydrogen) atoms. The standard InChI is InChI=1S/C21H29N5O4/c1-12(2)25-10-16(6-18(25)27)23-20(29)14-5-15(9-22-8-14)21(30)24-17-7-19(28)26(11-17)13(3)4/h5,8-9,12-13,16-17H,6-7,10-11H2,1-4H3,(H,23,29)(H,24,30). The Kier molecular flexibility index (Phi) is 6.38. The van der Waals surface area contributed by atoms with Gasteiger partial charge in [-0.3, -0.25) is 24.2 Å². The van der Waals surface area contributed by atoms with E-state index in [1.165, 1.54) is 18.5 Å². The summed E-state index contributed by atoms with van der Waals surface area (Å²) in [4.78, 5) is 56.7. The Morgan fingerprint density at radius 1 is 0.867 bits per heavy atom. The fourth-order valence-electron chi connectivity index (χ4n) is 3.88. The first-order valence-electron chi connectivity index (χ1n) is 10.3. The van der Waals surface area contributed by atoms with Gasteiger partial charge in [0, 0.05) is 50.4 Å². The van der Waals surface area contributed by atoms with Crippen molar-refractivity contribution in [1.82, 2.24) is 25.4 Å². The largest absolute Gasteiger partial charge is 0.347 e. The van der Waals surface area contributed by atoms with Gasteiger partial charge in [-0.15, -0.1) is 0 Å². The average molecular weight is 415 g/mol. The zero-order valence-corrected chi connectivity index (χ0v) is 17.8. The van der Waals surface area contributed by atoms with Gasteiger partial charge >= 0.3 is 0 Å². The minimum atomic E-state index is -0.373. The van der Waals surface area contributed by atoms with Crippen molar-refractivity contribution < 1.29 is 19.2 Å². The van der Waals surface area contributed by atoms with Crippen molar-refractivity contribution in [2.45, 2.75) is 64.7 Å². The smallest absolute Gasteiger partial charge is 0.253 e. The molecule has 0 bridgehead atoms. The lowest BCUT2D eigenvalue weighted by Gasteiger charge is -2.21. The number of carbonyl (C=O) groups is 4. The molecular weight excluding hydrogens is 386 g/mol. The molecule has 2 aliphatic heterocycles. The van der Waals surface area contributed by atoms with E-state index in [1.54, 1.807) is 9.80 Å². The first-order chi connectivity index (χ1) is 14.2. The van der Waals surface area contributed by atoms with E-state index in [0.29, 0.717) is 13.1 Å². The number of hydrogen-bond donors (Lipinski definition) is 2. The fourth-order valence-corrected chi connectivity index (χ4v) is 3.88. The summed E-state index contributed by atoms with van der Waals surface area (Å²) in [6.45, 7) is 8.69. The minimum Gasteiger partial charge on any atom is -0.347 e. The molecule has 3 heterocycles. The van der Waals surface area contributed by atoms with E-state index in [4.69, 9.17) is 0 Å². The van der Waals surface area contributed by atoms with Gasteiger partial charge in [-0.05, 0) is 33.8 Å². The van der Waals surface area contributed by atoms with E-state index in [2.05, 4.69) is 15.6 Å². The van der Waals surface area contributed by atoms with Crippen LogP contribution in [0.4, 0.5) is 0 Å². The van der Waals surface area contributed by atoms with Crippen molar-refractivity contribution in [2.75, 3.05) is 13.1 Å². The van der Waals surface area contributed by atoms with Crippen LogP contribution in [0, 0.1) is 0 Å². The fraction of sp³-hybridized carbons (Fsp3) is 0.571. The highest BCUT2D eigenvalue weighted by Crippen LogP contribution is 2.16. The summed E-state index contributed by atoms with van der Waals surface area (Å²) >= 11 is 0. The summed E-state index contributed by atoms with van der Waals surface area (Å²) < 4.78 is 0. The topological polar surface area (TPSA) is 112 Å². The van der Waals surface area contributed by atoms with Gasteiger partial charge in [-0.2, -0.15) is 0 Å². The molecule has 2 saturated heterocycles. The maximum absolute atomic E-state index is 12.6. The number of carbonyl (C=O) groups excluding carboxylic acids is 4. The van der Waals surface area contributed by atoms with Gasteiger partial charge in [0.25, 0.3) is 11.8 Å². The number of pyridine rings is 1. The molecule has 9 heteroatoms. The molecule has 0 aromatic carbocycles. The molecule has 3 rings (SSSR count). The van der Waals surface area contributed by atoms with Gasteiger partial charge in [-0.25, -0.2) is 0 Å². The molecule has 2 N–H and O–H groups in total. The SMILES string of the molecule is CC(C)N1CC(NC(=O)c2cncc(C(=O)NC3CC(=O)N(C(C)C)C3)c2)CC1=O. The monoisotopic (exact) mass is 415 g/mol. The van der Waals surface area contributed by atoms with Crippen LogP contribution in [0.3, 0.4) is 0 Å². The Bertz CT molecular complexity index is 788. The molecule has 0 aliphatic carbocycles. The van der Waals surface area contributed by atoms with Gasteiger partial charge < -0.3 is 20.4 Å². The van der Waals surface area contributed by atoms with Gasteiger partial charge in [-0.1, -0.05) is 0 Å². The molecule has 1 aromatic rings. The van der Waals surface area contributed by atoms with E-state index < -0.39 is 0 Å². The summed E-state index contributed by atoms with van der Waals surface area (Å²) in [5, 5.41) is 5.70. The summed E-state index contributed by atoms with van der Waals surface area (Å²) in [6.07, 6.45) is 3.31. The lowest BCUT2D eigenvalue weighted by molar-refractivity contribution is -0.129. The first-order valence-corrected chi connectivity index (χ1v) is 10.3. The first kappa shape index (κ1) is 21.7. The molecule has 2 atom stereocenters. The highest BCUT2D eigenvalue weighted by atomic mass is 16.2. The third kappa shape index (κ3) is 4.77. The Morgan fingerprint density at radius 3 is 1.60 bits per heavy atom. The second-order valence-corrected chi connectivity index (χ2v) is 8.49. The van der Waals surface area contributed by atoms with Crippen LogP contribution in [0.25, 0.3) is 0 Å². The van der Waals surface area contributed by atoms with Crippen molar-refractivity contribution in [2.24, 2.45) is 0 Å². The van der Waals surface area contributed by atoms with Crippen LogP contribution < -0.4 is 10.6 Å². The van der Waals surface area contributed by atoms with Crippen LogP contribution in [0.5, 0.6) is 0 Å². The van der Waals surface area contributed by atoms with Gasteiger partial charge in [0.1, 0.15) is 0 Å². The van der Waals surface area contributed by atoms with E-state index >= 15 is 0 Å². The molecule has 2 fully saturated rings. The number of rotatable bonds is 6. The number of amides is 4. The summed E-state index contributed by atoms with van der Waals surface area (Å²) in [6, 6.07) is 1.11. The molecule has 2 unspecified atom stereocenters. The van der Waals surface area contributed by atoms with Crippen LogP contribution in [0.15, 0.2) is 18.5 Å². The van der Waals surface area contributed by atoms with Crippen molar-refractivity contribution >= 4 is 23.6 Å². The van der Waals surface area contributed by atoms with E-state index in [-0.39, 0.29) is 71.8 Å². The van der Waals surface area contributed by atoms with E-state index in [9.17, 15) is 19.2 Å². The van der Waals surface area contributed by atoms with Crippen molar-refractivity contribution in [3.63, 3.8) is 0 Å². The van der Waals surface area contributed by atoms with Crippen LogP contribution in [-0.2, 0) is 9.59 Å². The van der Waals surface area contributed by atoms with Crippen molar-refractivity contribution in [1.29, 1.82) is 0 Å². The predicted octanol–water partition coefficient (Wildman–Crippen LogP) is 0.560. The van der Waals surface area contributed by atoms with Gasteiger partial charge in [0.2, 0.25) is 11.8 Å². The van der Waals surface area contributed by atoms with Crippen LogP contribution in [0.2, 0.25) is 0 Å². The number of nitrogens with zero attached hydrogens (tertiary/aromatic N) is 3. The van der Waals surface area contributed by atoms with Gasteiger partial charge in [0.05, 0.1) is 23.2 Å². The highest BCUT2D eigenvalue weighted by molar-refractivity contribution is 6.00. The second-order valence-electron chi connectivity index (χ2n) is 8.49. The lowest BCUT2D eigenvalue weighted by Crippen LogP contribution is -2.39. The van der Waals surface area contributed by atoms with Crippen molar-refractivity contribution in [3.8, 4) is 0 Å². The maximum Gasteiger partial charge on any atom is 0.253 e. The molecule has 2 aliphatic rings. The summed E-state index contributed by atoms with van der Waals surface area (Å²) in [5.41, 5.74) is 0.508. The molecule has 0 radical (unpaired) electrons. The molecule has 4 amide bonds. The van der Waals surface area contributed by atoms with Gasteiger partial charge in [0.15, 0.2) is 0 Å². The van der Waals surface area contributed by atoms with Crippen LogP contribution in [0.1, 0.15) is 61.3 Å². The van der Waals surface area contributed by atoms with Crippen LogP contribution in [-0.4, -0.2) is 75.7 Å². The molecule has 162 valence electrons. The Hall–Kier alpha value is -2.97. The van der Waals surface area contributed by atoms with E-state index in [1.807, 2.05) is 27.7 Å². The summed E-state index contributed by atoms with van der Waals surface area (Å²) in [5.74, 6) is -0.712. The quantitative estimate of drug-likeness (QED) is 0.705. The maximum atomic E-state index is 12.6. The Balaban J connectivity index is 1.60. The number of likely N-dealkylation sites (tertiary alicyclic amines) is 2. The zero-order chi connectivity index (χ0) is 22.0. The highest BCUT2D eigenvalue weighted by Gasteiger charge is 2.33. The number of nitrogens with one attached hydrogen (secondary N) is 2. The molecule has 0 saturated carbocycles. The Morgan fingerprint density at radius 2 is 1.27 bits per heavy atom. The predicted molar refractivity (Wildman–Crippen MR) is 110 cm³/mol. The van der Waals surface area contributed by atoms with E-state index in [0.717, 1.165) is 0 Å². The molecule has 1 aromatic heterocycles. The average Bonchev–Trinajstić information content (AvgIpc) is 3.23. The zero-order valence-electron chi connectivity index (χ0n) is 17.8. The van der Waals surface area contributed by atoms with Crippen molar-refractivity contribution in [3.05, 3.63) is 29.6 Å². The number of hydrogen-bond acceptors (Lipinski definition) is 5. The molecule has 0 spiro atoms. The molecule has 9 nitrogen and oxygen atoms in total.